The van der Waals surface area contributed by atoms with Crippen molar-refractivity contribution in [2.75, 3.05) is 18.5 Å². The van der Waals surface area contributed by atoms with Crippen LogP contribution in [-0.4, -0.2) is 28.0 Å². The molecule has 0 saturated carbocycles. The predicted molar refractivity (Wildman–Crippen MR) is 83.8 cm³/mol. The summed E-state index contributed by atoms with van der Waals surface area (Å²) in [6.07, 6.45) is 6.63. The van der Waals surface area contributed by atoms with E-state index in [4.69, 9.17) is 11.6 Å². The lowest BCUT2D eigenvalue weighted by Gasteiger charge is -2.17. The van der Waals surface area contributed by atoms with E-state index in [9.17, 15) is 0 Å². The summed E-state index contributed by atoms with van der Waals surface area (Å²) < 4.78 is 2.07. The third kappa shape index (κ3) is 2.51. The number of nitrogens with zero attached hydrogens (tertiary/aromatic N) is 4. The Morgan fingerprint density at radius 2 is 2.15 bits per heavy atom. The Balaban J connectivity index is 1.78. The van der Waals surface area contributed by atoms with Crippen molar-refractivity contribution >= 4 is 33.7 Å². The van der Waals surface area contributed by atoms with Gasteiger partial charge in [0.05, 0.1) is 11.6 Å². The van der Waals surface area contributed by atoms with Crippen molar-refractivity contribution in [3.05, 3.63) is 47.4 Å². The summed E-state index contributed by atoms with van der Waals surface area (Å²) in [7, 11) is 2.06. The van der Waals surface area contributed by atoms with Crippen molar-refractivity contribution < 1.29 is 0 Å². The molecule has 0 aliphatic heterocycles. The molecule has 0 aromatic carbocycles. The maximum Gasteiger partial charge on any atom is 0.195 e. The summed E-state index contributed by atoms with van der Waals surface area (Å²) >= 11 is 7.71. The summed E-state index contributed by atoms with van der Waals surface area (Å²) in [5.41, 5.74) is 2.33. The van der Waals surface area contributed by atoms with Gasteiger partial charge in [-0.1, -0.05) is 0 Å². The summed E-state index contributed by atoms with van der Waals surface area (Å²) in [5, 5.41) is 2.03. The van der Waals surface area contributed by atoms with Crippen molar-refractivity contribution in [3.63, 3.8) is 0 Å². The van der Waals surface area contributed by atoms with Gasteiger partial charge in [0.2, 0.25) is 0 Å². The minimum atomic E-state index is 0.465. The Labute approximate surface area is 126 Å². The molecule has 6 heteroatoms. The number of halogens is 1. The number of pyridine rings is 1. The van der Waals surface area contributed by atoms with Crippen LogP contribution in [0, 0.1) is 0 Å². The Morgan fingerprint density at radius 3 is 2.90 bits per heavy atom. The molecule has 0 saturated heterocycles. The predicted octanol–water partition coefficient (Wildman–Crippen LogP) is 3.21. The molecule has 0 amide bonds. The Morgan fingerprint density at radius 1 is 1.35 bits per heavy atom. The molecule has 20 heavy (non-hydrogen) atoms. The van der Waals surface area contributed by atoms with E-state index in [1.165, 1.54) is 5.56 Å². The first-order chi connectivity index (χ1) is 9.79. The van der Waals surface area contributed by atoms with E-state index in [0.29, 0.717) is 5.88 Å². The highest BCUT2D eigenvalue weighted by molar-refractivity contribution is 7.15. The van der Waals surface area contributed by atoms with Crippen LogP contribution in [0.4, 0.5) is 5.82 Å². The van der Waals surface area contributed by atoms with Crippen LogP contribution in [0.25, 0.3) is 4.96 Å². The van der Waals surface area contributed by atoms with Crippen molar-refractivity contribution in [1.29, 1.82) is 0 Å². The average Bonchev–Trinajstić information content (AvgIpc) is 3.06. The van der Waals surface area contributed by atoms with Crippen molar-refractivity contribution in [2.45, 2.75) is 12.3 Å². The number of anilines is 1. The molecule has 0 N–H and O–H groups in total. The fourth-order valence-electron chi connectivity index (χ4n) is 2.20. The first-order valence-electron chi connectivity index (χ1n) is 6.40. The highest BCUT2D eigenvalue weighted by Gasteiger charge is 2.15. The minimum Gasteiger partial charge on any atom is -0.358 e. The molecular formula is C14H15ClN4S. The van der Waals surface area contributed by atoms with E-state index < -0.39 is 0 Å². The van der Waals surface area contributed by atoms with Gasteiger partial charge in [-0.3, -0.25) is 9.38 Å². The zero-order chi connectivity index (χ0) is 13.9. The van der Waals surface area contributed by atoms with E-state index in [-0.39, 0.29) is 0 Å². The lowest BCUT2D eigenvalue weighted by molar-refractivity contribution is 0.856. The number of hydrogen-bond donors (Lipinski definition) is 0. The van der Waals surface area contributed by atoms with Gasteiger partial charge in [0.1, 0.15) is 0 Å². The quantitative estimate of drug-likeness (QED) is 0.679. The summed E-state index contributed by atoms with van der Waals surface area (Å²) in [5.74, 6) is 1.44. The number of aromatic nitrogens is 3. The van der Waals surface area contributed by atoms with Gasteiger partial charge in [0.25, 0.3) is 0 Å². The van der Waals surface area contributed by atoms with Crippen molar-refractivity contribution in [2.24, 2.45) is 0 Å². The van der Waals surface area contributed by atoms with Gasteiger partial charge in [-0.2, -0.15) is 0 Å². The van der Waals surface area contributed by atoms with Gasteiger partial charge in [-0.25, -0.2) is 4.98 Å². The first kappa shape index (κ1) is 13.4. The number of fused-ring (bicyclic) bond motifs is 1. The number of thiazole rings is 1. The topological polar surface area (TPSA) is 33.4 Å². The molecule has 0 bridgehead atoms. The average molecular weight is 307 g/mol. The second-order valence-corrected chi connectivity index (χ2v) is 5.74. The monoisotopic (exact) mass is 306 g/mol. The molecule has 3 aromatic rings. The molecule has 0 unspecified atom stereocenters. The van der Waals surface area contributed by atoms with Crippen LogP contribution in [-0.2, 0) is 12.3 Å². The second kappa shape index (κ2) is 5.81. The Kier molecular flexibility index (Phi) is 3.89. The van der Waals surface area contributed by atoms with Gasteiger partial charge < -0.3 is 4.90 Å². The molecule has 0 aliphatic carbocycles. The fourth-order valence-corrected chi connectivity index (χ4v) is 3.18. The summed E-state index contributed by atoms with van der Waals surface area (Å²) in [4.78, 5) is 11.9. The number of hydrogen-bond acceptors (Lipinski definition) is 4. The van der Waals surface area contributed by atoms with E-state index in [2.05, 4.69) is 26.3 Å². The van der Waals surface area contributed by atoms with Crippen LogP contribution in [0.1, 0.15) is 11.3 Å². The third-order valence-electron chi connectivity index (χ3n) is 3.31. The normalized spacial score (nSPS) is 11.1. The van der Waals surface area contributed by atoms with Crippen molar-refractivity contribution in [1.82, 2.24) is 14.4 Å². The maximum atomic E-state index is 6.08. The smallest absolute Gasteiger partial charge is 0.195 e. The van der Waals surface area contributed by atoms with E-state index >= 15 is 0 Å². The molecular weight excluding hydrogens is 292 g/mol. The lowest BCUT2D eigenvalue weighted by atomic mass is 10.2. The van der Waals surface area contributed by atoms with Crippen LogP contribution in [0.3, 0.4) is 0 Å². The SMILES string of the molecule is CN(CCc1ccncc1)c1nc2sccn2c1CCl. The van der Waals surface area contributed by atoms with Gasteiger partial charge in [0.15, 0.2) is 10.8 Å². The summed E-state index contributed by atoms with van der Waals surface area (Å²) in [6, 6.07) is 4.09. The van der Waals surface area contributed by atoms with Crippen LogP contribution < -0.4 is 4.90 Å². The zero-order valence-electron chi connectivity index (χ0n) is 11.2. The molecule has 4 nitrogen and oxygen atoms in total. The van der Waals surface area contributed by atoms with Crippen molar-refractivity contribution in [3.8, 4) is 0 Å². The third-order valence-corrected chi connectivity index (χ3v) is 4.32. The maximum absolute atomic E-state index is 6.08. The van der Waals surface area contributed by atoms with Crippen LogP contribution >= 0.6 is 22.9 Å². The molecule has 3 aromatic heterocycles. The second-order valence-electron chi connectivity index (χ2n) is 4.60. The van der Waals surface area contributed by atoms with Gasteiger partial charge in [0, 0.05) is 37.6 Å². The molecule has 0 atom stereocenters. The Hall–Kier alpha value is -1.59. The number of likely N-dealkylation sites (N-methyl/N-ethyl adjacent to an activating group) is 1. The van der Waals surface area contributed by atoms with Gasteiger partial charge >= 0.3 is 0 Å². The molecule has 3 rings (SSSR count). The minimum absolute atomic E-state index is 0.465. The van der Waals surface area contributed by atoms with Crippen LogP contribution in [0.5, 0.6) is 0 Å². The van der Waals surface area contributed by atoms with Crippen LogP contribution in [0.2, 0.25) is 0 Å². The molecule has 0 radical (unpaired) electrons. The first-order valence-corrected chi connectivity index (χ1v) is 7.81. The molecule has 3 heterocycles. The number of imidazole rings is 1. The lowest BCUT2D eigenvalue weighted by Crippen LogP contribution is -2.21. The van der Waals surface area contributed by atoms with Crippen LogP contribution in [0.15, 0.2) is 36.1 Å². The summed E-state index contributed by atoms with van der Waals surface area (Å²) in [6.45, 7) is 0.902. The number of alkyl halides is 1. The molecule has 0 aliphatic rings. The highest BCUT2D eigenvalue weighted by atomic mass is 35.5. The van der Waals surface area contributed by atoms with Gasteiger partial charge in [-0.05, 0) is 24.1 Å². The largest absolute Gasteiger partial charge is 0.358 e. The van der Waals surface area contributed by atoms with E-state index in [1.54, 1.807) is 11.3 Å². The molecule has 0 spiro atoms. The zero-order valence-corrected chi connectivity index (χ0v) is 12.7. The van der Waals surface area contributed by atoms with Gasteiger partial charge in [-0.15, -0.1) is 22.9 Å². The molecule has 0 fully saturated rings. The van der Waals surface area contributed by atoms with E-state index in [0.717, 1.165) is 29.4 Å². The number of rotatable bonds is 5. The standard InChI is InChI=1S/C14H15ClN4S/c1-18(7-4-11-2-5-16-6-3-11)13-12(10-15)19-8-9-20-14(19)17-13/h2-3,5-6,8-9H,4,7,10H2,1H3. The molecule has 104 valence electrons. The Bertz CT molecular complexity index is 692. The fraction of sp³-hybridized carbons (Fsp3) is 0.286. The highest BCUT2D eigenvalue weighted by Crippen LogP contribution is 2.25. The van der Waals surface area contributed by atoms with E-state index in [1.807, 2.05) is 36.1 Å².